The van der Waals surface area contributed by atoms with E-state index in [1.165, 1.54) is 23.0 Å². The number of carbonyl (C=O) groups is 1. The number of para-hydroxylation sites is 1. The van der Waals surface area contributed by atoms with Crippen LogP contribution in [0.25, 0.3) is 16.6 Å². The summed E-state index contributed by atoms with van der Waals surface area (Å²) in [5.41, 5.74) is 1.94. The van der Waals surface area contributed by atoms with Crippen molar-refractivity contribution in [1.82, 2.24) is 24.6 Å². The molecule has 11 nitrogen and oxygen atoms in total. The van der Waals surface area contributed by atoms with Crippen LogP contribution in [0.5, 0.6) is 0 Å². The molecule has 4 aromatic heterocycles. The molecule has 2 saturated carbocycles. The first-order valence-electron chi connectivity index (χ1n) is 14.7. The van der Waals surface area contributed by atoms with Crippen LogP contribution in [0.15, 0.2) is 72.1 Å². The molecule has 0 unspecified atom stereocenters. The fourth-order valence-electron chi connectivity index (χ4n) is 5.82. The summed E-state index contributed by atoms with van der Waals surface area (Å²) < 4.78 is 42.4. The number of nitrogens with one attached hydrogen (secondary N) is 3. The molecule has 1 aromatic carbocycles. The summed E-state index contributed by atoms with van der Waals surface area (Å²) >= 11 is 0. The molecule has 0 saturated heterocycles. The molecule has 226 valence electrons. The van der Waals surface area contributed by atoms with Crippen LogP contribution in [-0.2, 0) is 9.84 Å². The largest absolute Gasteiger partial charge is 0.379 e. The molecule has 0 atom stereocenters. The van der Waals surface area contributed by atoms with Crippen LogP contribution in [0.2, 0.25) is 0 Å². The number of benzene rings is 1. The summed E-state index contributed by atoms with van der Waals surface area (Å²) in [4.78, 5) is 25.9. The number of hydrogen-bond donors (Lipinski definition) is 3. The molecule has 0 spiro atoms. The molecule has 1 amide bonds. The maximum absolute atomic E-state index is 14.1. The monoisotopic (exact) mass is 614 g/mol. The molecule has 4 heterocycles. The molecular weight excluding hydrogens is 583 g/mol. The minimum absolute atomic E-state index is 0.0149. The van der Waals surface area contributed by atoms with Gasteiger partial charge in [0.05, 0.1) is 39.9 Å². The third-order valence-corrected chi connectivity index (χ3v) is 10.2. The number of sulfone groups is 1. The number of rotatable bonds is 9. The van der Waals surface area contributed by atoms with Crippen LogP contribution in [-0.4, -0.2) is 56.7 Å². The number of imidazole rings is 1. The van der Waals surface area contributed by atoms with Crippen LogP contribution in [0, 0.1) is 11.7 Å². The summed E-state index contributed by atoms with van der Waals surface area (Å²) in [6, 6.07) is 12.7. The zero-order valence-electron chi connectivity index (χ0n) is 23.8. The number of hydrogen-bond acceptors (Lipinski definition) is 9. The van der Waals surface area contributed by atoms with Gasteiger partial charge in [-0.2, -0.15) is 0 Å². The van der Waals surface area contributed by atoms with Crippen LogP contribution in [0.1, 0.15) is 49.0 Å². The van der Waals surface area contributed by atoms with E-state index in [1.54, 1.807) is 24.4 Å². The average molecular weight is 615 g/mol. The summed E-state index contributed by atoms with van der Waals surface area (Å²) in [5, 5.41) is 15.0. The van der Waals surface area contributed by atoms with Gasteiger partial charge in [0.1, 0.15) is 5.82 Å². The van der Waals surface area contributed by atoms with E-state index in [9.17, 15) is 17.6 Å². The van der Waals surface area contributed by atoms with Crippen molar-refractivity contribution < 1.29 is 17.6 Å². The van der Waals surface area contributed by atoms with E-state index >= 15 is 0 Å². The molecule has 5 aromatic rings. The molecule has 0 bridgehead atoms. The highest BCUT2D eigenvalue weighted by Gasteiger charge is 2.29. The fourth-order valence-corrected chi connectivity index (χ4v) is 7.70. The number of amides is 1. The fraction of sp³-hybridized carbons (Fsp3) is 0.323. The first-order valence-corrected chi connectivity index (χ1v) is 16.4. The van der Waals surface area contributed by atoms with Crippen molar-refractivity contribution in [3.8, 4) is 0 Å². The Bertz CT molecular complexity index is 1960. The Labute approximate surface area is 253 Å². The van der Waals surface area contributed by atoms with Crippen molar-refractivity contribution in [3.05, 3.63) is 78.8 Å². The lowest BCUT2D eigenvalue weighted by molar-refractivity contribution is 0.102. The van der Waals surface area contributed by atoms with Gasteiger partial charge in [-0.05, 0) is 62.6 Å². The Kier molecular flexibility index (Phi) is 7.32. The second kappa shape index (κ2) is 11.5. The second-order valence-electron chi connectivity index (χ2n) is 11.5. The molecule has 2 fully saturated rings. The number of nitrogens with zero attached hydrogens (tertiary/aromatic N) is 5. The SMILES string of the molecule is O=C(Nc1ccncc1F)c1cnc2c(NC3CC3)cc(NC3CCC(CS(=O)(=O)c4cccc5cccnc45)CC3)nn12. The standard InChI is InChI=1S/C31H31FN8O3S/c32-23-16-33-14-12-24(23)38-31(41)26-17-35-30-25(36-21-10-11-21)15-28(39-40(26)30)37-22-8-6-19(7-9-22)18-44(42,43)27-5-1-3-20-4-2-13-34-29(20)27/h1-5,12-17,19,21-22,36H,6-11,18H2,(H,37,39)(H,33,38,41). The van der Waals surface area contributed by atoms with Crippen LogP contribution in [0.4, 0.5) is 21.6 Å². The molecule has 13 heteroatoms. The minimum Gasteiger partial charge on any atom is -0.379 e. The second-order valence-corrected chi connectivity index (χ2v) is 13.5. The van der Waals surface area contributed by atoms with E-state index in [0.29, 0.717) is 23.0 Å². The lowest BCUT2D eigenvalue weighted by Gasteiger charge is -2.29. The minimum atomic E-state index is -3.51. The van der Waals surface area contributed by atoms with Gasteiger partial charge in [0.15, 0.2) is 27.0 Å². The van der Waals surface area contributed by atoms with Crippen molar-refractivity contribution >= 4 is 49.5 Å². The lowest BCUT2D eigenvalue weighted by Crippen LogP contribution is -2.30. The topological polar surface area (TPSA) is 143 Å². The first-order chi connectivity index (χ1) is 21.3. The first kappa shape index (κ1) is 28.1. The molecule has 0 aliphatic heterocycles. The lowest BCUT2D eigenvalue weighted by atomic mass is 9.87. The van der Waals surface area contributed by atoms with Crippen molar-refractivity contribution in [1.29, 1.82) is 0 Å². The van der Waals surface area contributed by atoms with E-state index in [2.05, 4.69) is 36.0 Å². The van der Waals surface area contributed by atoms with Crippen LogP contribution >= 0.6 is 0 Å². The van der Waals surface area contributed by atoms with Gasteiger partial charge in [0, 0.05) is 35.9 Å². The van der Waals surface area contributed by atoms with Gasteiger partial charge >= 0.3 is 0 Å². The van der Waals surface area contributed by atoms with E-state index in [1.807, 2.05) is 18.2 Å². The van der Waals surface area contributed by atoms with E-state index in [4.69, 9.17) is 0 Å². The molecule has 3 N–H and O–H groups in total. The summed E-state index contributed by atoms with van der Waals surface area (Å²) in [6.45, 7) is 0. The number of aromatic nitrogens is 5. The zero-order valence-corrected chi connectivity index (χ0v) is 24.6. The highest BCUT2D eigenvalue weighted by atomic mass is 32.2. The summed E-state index contributed by atoms with van der Waals surface area (Å²) in [7, 11) is -3.51. The maximum Gasteiger partial charge on any atom is 0.276 e. The average Bonchev–Trinajstić information content (AvgIpc) is 3.73. The Morgan fingerprint density at radius 2 is 1.68 bits per heavy atom. The molecule has 2 aliphatic rings. The van der Waals surface area contributed by atoms with Gasteiger partial charge in [-0.25, -0.2) is 22.3 Å². The smallest absolute Gasteiger partial charge is 0.276 e. The molecule has 44 heavy (non-hydrogen) atoms. The number of carbonyl (C=O) groups excluding carboxylic acids is 1. The van der Waals surface area contributed by atoms with Crippen molar-refractivity contribution in [2.75, 3.05) is 21.7 Å². The predicted octanol–water partition coefficient (Wildman–Crippen LogP) is 5.08. The van der Waals surface area contributed by atoms with Crippen molar-refractivity contribution in [2.24, 2.45) is 5.92 Å². The predicted molar refractivity (Wildman–Crippen MR) is 165 cm³/mol. The quantitative estimate of drug-likeness (QED) is 0.207. The van der Waals surface area contributed by atoms with Gasteiger partial charge in [0.2, 0.25) is 0 Å². The molecular formula is C31H31FN8O3S. The molecule has 2 aliphatic carbocycles. The van der Waals surface area contributed by atoms with E-state index in [0.717, 1.165) is 55.8 Å². The van der Waals surface area contributed by atoms with Gasteiger partial charge in [-0.3, -0.25) is 14.8 Å². The number of pyridine rings is 2. The Balaban J connectivity index is 1.06. The highest BCUT2D eigenvalue weighted by molar-refractivity contribution is 7.91. The third kappa shape index (κ3) is 5.79. The van der Waals surface area contributed by atoms with Crippen molar-refractivity contribution in [3.63, 3.8) is 0 Å². The summed E-state index contributed by atoms with van der Waals surface area (Å²) in [5.74, 6) is -0.496. The van der Waals surface area contributed by atoms with Gasteiger partial charge in [-0.1, -0.05) is 18.2 Å². The van der Waals surface area contributed by atoms with E-state index < -0.39 is 21.6 Å². The van der Waals surface area contributed by atoms with Crippen molar-refractivity contribution in [2.45, 2.75) is 55.5 Å². The molecule has 7 rings (SSSR count). The van der Waals surface area contributed by atoms with Crippen LogP contribution in [0.3, 0.4) is 0 Å². The number of fused-ring (bicyclic) bond motifs is 2. The summed E-state index contributed by atoms with van der Waals surface area (Å²) in [6.07, 6.45) is 10.6. The number of halogens is 1. The Morgan fingerprint density at radius 1 is 0.909 bits per heavy atom. The Hall–Kier alpha value is -4.65. The third-order valence-electron chi connectivity index (χ3n) is 8.24. The van der Waals surface area contributed by atoms with E-state index in [-0.39, 0.29) is 34.0 Å². The van der Waals surface area contributed by atoms with Gasteiger partial charge in [0.25, 0.3) is 5.91 Å². The normalized spacial score (nSPS) is 18.8. The van der Waals surface area contributed by atoms with Gasteiger partial charge in [-0.15, -0.1) is 5.10 Å². The van der Waals surface area contributed by atoms with Gasteiger partial charge < -0.3 is 16.0 Å². The Morgan fingerprint density at radius 3 is 2.48 bits per heavy atom. The molecule has 0 radical (unpaired) electrons. The zero-order chi connectivity index (χ0) is 30.3. The highest BCUT2D eigenvalue weighted by Crippen LogP contribution is 2.33. The number of anilines is 3. The maximum atomic E-state index is 14.1. The van der Waals surface area contributed by atoms with Crippen LogP contribution < -0.4 is 16.0 Å².